The average Bonchev–Trinajstić information content (AvgIpc) is 3.35. The fourth-order valence-electron chi connectivity index (χ4n) is 4.11. The summed E-state index contributed by atoms with van der Waals surface area (Å²) in [5.74, 6) is 0.578. The third-order valence-corrected chi connectivity index (χ3v) is 5.75. The number of aryl methyl sites for hydroxylation is 2. The summed E-state index contributed by atoms with van der Waals surface area (Å²) in [4.78, 5) is 21.7. The summed E-state index contributed by atoms with van der Waals surface area (Å²) in [5.41, 5.74) is 3.56. The molecule has 0 aliphatic carbocycles. The molecule has 6 heteroatoms. The highest BCUT2D eigenvalue weighted by Gasteiger charge is 2.28. The minimum Gasteiger partial charge on any atom is -0.444 e. The molecule has 27 heavy (non-hydrogen) atoms. The lowest BCUT2D eigenvalue weighted by molar-refractivity contribution is 0.140. The van der Waals surface area contributed by atoms with Gasteiger partial charge in [-0.2, -0.15) is 0 Å². The highest BCUT2D eigenvalue weighted by molar-refractivity contribution is 5.91. The first kappa shape index (κ1) is 18.0. The number of urea groups is 1. The van der Waals surface area contributed by atoms with Crippen molar-refractivity contribution < 1.29 is 9.21 Å². The number of oxazole rings is 1. The zero-order chi connectivity index (χ0) is 18.8. The topological polar surface area (TPSA) is 61.6 Å². The van der Waals surface area contributed by atoms with Crippen LogP contribution in [-0.4, -0.2) is 53.0 Å². The number of piperidine rings is 1. The Morgan fingerprint density at radius 1 is 1.15 bits per heavy atom. The molecule has 2 fully saturated rings. The van der Waals surface area contributed by atoms with E-state index in [1.54, 1.807) is 6.26 Å². The fraction of sp³-hybridized carbons (Fsp3) is 0.524. The van der Waals surface area contributed by atoms with E-state index in [2.05, 4.69) is 15.2 Å². The van der Waals surface area contributed by atoms with Gasteiger partial charge in [0.15, 0.2) is 0 Å². The van der Waals surface area contributed by atoms with Gasteiger partial charge in [0.25, 0.3) is 0 Å². The van der Waals surface area contributed by atoms with Crippen molar-refractivity contribution in [2.24, 2.45) is 0 Å². The van der Waals surface area contributed by atoms with Gasteiger partial charge in [0, 0.05) is 30.4 Å². The normalized spacial score (nSPS) is 18.8. The van der Waals surface area contributed by atoms with Gasteiger partial charge in [0.1, 0.15) is 6.26 Å². The molecule has 0 bridgehead atoms. The quantitative estimate of drug-likeness (QED) is 0.888. The molecule has 2 saturated heterocycles. The summed E-state index contributed by atoms with van der Waals surface area (Å²) >= 11 is 0. The maximum atomic E-state index is 12.8. The molecule has 0 radical (unpaired) electrons. The minimum absolute atomic E-state index is 0.0151. The number of rotatable bonds is 3. The molecular weight excluding hydrogens is 340 g/mol. The molecule has 1 aromatic carbocycles. The molecule has 2 aliphatic heterocycles. The van der Waals surface area contributed by atoms with Crippen molar-refractivity contribution in [2.75, 3.05) is 31.5 Å². The second-order valence-corrected chi connectivity index (χ2v) is 7.72. The van der Waals surface area contributed by atoms with Crippen LogP contribution in [0.1, 0.15) is 36.9 Å². The van der Waals surface area contributed by atoms with Crippen LogP contribution < -0.4 is 5.32 Å². The summed E-state index contributed by atoms with van der Waals surface area (Å²) in [6, 6.07) is 6.53. The standard InChI is InChI=1S/C21H28N4O2/c1-15-5-6-17(20-22-16(2)14-27-20)13-19(15)23-21(26)25-11-7-18(8-12-25)24-9-3-4-10-24/h5-6,13-14,18H,3-4,7-12H2,1-2H3,(H,23,26). The molecule has 0 spiro atoms. The van der Waals surface area contributed by atoms with Crippen LogP contribution in [-0.2, 0) is 0 Å². The molecule has 0 unspecified atom stereocenters. The molecule has 0 saturated carbocycles. The van der Waals surface area contributed by atoms with Crippen molar-refractivity contribution in [2.45, 2.75) is 45.6 Å². The zero-order valence-electron chi connectivity index (χ0n) is 16.2. The van der Waals surface area contributed by atoms with Crippen molar-refractivity contribution in [1.29, 1.82) is 0 Å². The summed E-state index contributed by atoms with van der Waals surface area (Å²) in [6.45, 7) is 8.00. The van der Waals surface area contributed by atoms with Crippen molar-refractivity contribution in [3.05, 3.63) is 35.7 Å². The number of benzene rings is 1. The largest absolute Gasteiger partial charge is 0.444 e. The Morgan fingerprint density at radius 3 is 2.56 bits per heavy atom. The van der Waals surface area contributed by atoms with Crippen molar-refractivity contribution >= 4 is 11.7 Å². The number of nitrogens with zero attached hydrogens (tertiary/aromatic N) is 3. The van der Waals surface area contributed by atoms with Crippen LogP contribution in [0.2, 0.25) is 0 Å². The number of hydrogen-bond acceptors (Lipinski definition) is 4. The first-order valence-electron chi connectivity index (χ1n) is 9.93. The van der Waals surface area contributed by atoms with E-state index in [4.69, 9.17) is 4.42 Å². The Morgan fingerprint density at radius 2 is 1.89 bits per heavy atom. The fourth-order valence-corrected chi connectivity index (χ4v) is 4.11. The van der Waals surface area contributed by atoms with E-state index >= 15 is 0 Å². The van der Waals surface area contributed by atoms with Gasteiger partial charge in [-0.05, 0) is 70.3 Å². The molecule has 4 rings (SSSR count). The Hall–Kier alpha value is -2.34. The molecule has 144 valence electrons. The second-order valence-electron chi connectivity index (χ2n) is 7.72. The maximum absolute atomic E-state index is 12.8. The lowest BCUT2D eigenvalue weighted by Gasteiger charge is -2.36. The van der Waals surface area contributed by atoms with E-state index in [0.717, 1.165) is 48.4 Å². The smallest absolute Gasteiger partial charge is 0.321 e. The van der Waals surface area contributed by atoms with Gasteiger partial charge in [-0.15, -0.1) is 0 Å². The number of nitrogens with one attached hydrogen (secondary N) is 1. The third kappa shape index (κ3) is 4.00. The molecule has 2 aromatic rings. The Balaban J connectivity index is 1.39. The lowest BCUT2D eigenvalue weighted by atomic mass is 10.0. The molecule has 0 atom stereocenters. The van der Waals surface area contributed by atoms with Crippen LogP contribution in [0.3, 0.4) is 0 Å². The molecule has 2 aliphatic rings. The molecular formula is C21H28N4O2. The lowest BCUT2D eigenvalue weighted by Crippen LogP contribution is -2.47. The summed E-state index contributed by atoms with van der Waals surface area (Å²) in [5, 5.41) is 3.09. The van der Waals surface area contributed by atoms with Crippen molar-refractivity contribution in [3.8, 4) is 11.5 Å². The predicted octanol–water partition coefficient (Wildman–Crippen LogP) is 4.05. The first-order chi connectivity index (χ1) is 13.1. The number of aromatic nitrogens is 1. The van der Waals surface area contributed by atoms with E-state index in [-0.39, 0.29) is 6.03 Å². The SMILES string of the molecule is Cc1coc(-c2ccc(C)c(NC(=O)N3CCC(N4CCCC4)CC3)c2)n1. The number of anilines is 1. The van der Waals surface area contributed by atoms with Crippen LogP contribution >= 0.6 is 0 Å². The van der Waals surface area contributed by atoms with E-state index in [1.807, 2.05) is 36.9 Å². The van der Waals surface area contributed by atoms with Gasteiger partial charge in [-0.3, -0.25) is 0 Å². The molecule has 1 aromatic heterocycles. The van der Waals surface area contributed by atoms with Gasteiger partial charge in [-0.25, -0.2) is 9.78 Å². The van der Waals surface area contributed by atoms with Gasteiger partial charge in [-0.1, -0.05) is 6.07 Å². The highest BCUT2D eigenvalue weighted by atomic mass is 16.3. The van der Waals surface area contributed by atoms with Crippen LogP contribution in [0.4, 0.5) is 10.5 Å². The first-order valence-corrected chi connectivity index (χ1v) is 9.93. The summed E-state index contributed by atoms with van der Waals surface area (Å²) in [6.07, 6.45) is 6.42. The average molecular weight is 368 g/mol. The predicted molar refractivity (Wildman–Crippen MR) is 106 cm³/mol. The monoisotopic (exact) mass is 368 g/mol. The van der Waals surface area contributed by atoms with E-state index in [1.165, 1.54) is 25.9 Å². The van der Waals surface area contributed by atoms with Crippen LogP contribution in [0.15, 0.2) is 28.9 Å². The summed E-state index contributed by atoms with van der Waals surface area (Å²) in [7, 11) is 0. The van der Waals surface area contributed by atoms with Gasteiger partial charge >= 0.3 is 6.03 Å². The molecule has 6 nitrogen and oxygen atoms in total. The summed E-state index contributed by atoms with van der Waals surface area (Å²) < 4.78 is 5.49. The zero-order valence-corrected chi connectivity index (χ0v) is 16.2. The van der Waals surface area contributed by atoms with Crippen LogP contribution in [0.25, 0.3) is 11.5 Å². The number of amides is 2. The van der Waals surface area contributed by atoms with Gasteiger partial charge in [0.2, 0.25) is 5.89 Å². The Kier molecular flexibility index (Phi) is 5.16. The highest BCUT2D eigenvalue weighted by Crippen LogP contribution is 2.26. The maximum Gasteiger partial charge on any atom is 0.321 e. The van der Waals surface area contributed by atoms with E-state index < -0.39 is 0 Å². The third-order valence-electron chi connectivity index (χ3n) is 5.75. The Labute approximate surface area is 160 Å². The van der Waals surface area contributed by atoms with E-state index in [9.17, 15) is 4.79 Å². The van der Waals surface area contributed by atoms with E-state index in [0.29, 0.717) is 11.9 Å². The van der Waals surface area contributed by atoms with Crippen LogP contribution in [0.5, 0.6) is 0 Å². The molecule has 1 N–H and O–H groups in total. The van der Waals surface area contributed by atoms with Crippen LogP contribution in [0, 0.1) is 13.8 Å². The number of carbonyl (C=O) groups excluding carboxylic acids is 1. The Bertz CT molecular complexity index is 802. The van der Waals surface area contributed by atoms with Gasteiger partial charge < -0.3 is 19.5 Å². The minimum atomic E-state index is -0.0151. The number of hydrogen-bond donors (Lipinski definition) is 1. The molecule has 3 heterocycles. The van der Waals surface area contributed by atoms with Gasteiger partial charge in [0.05, 0.1) is 5.69 Å². The number of likely N-dealkylation sites (tertiary alicyclic amines) is 2. The second kappa shape index (κ2) is 7.72. The van der Waals surface area contributed by atoms with Crippen molar-refractivity contribution in [3.63, 3.8) is 0 Å². The molecule has 2 amide bonds. The number of carbonyl (C=O) groups is 1. The van der Waals surface area contributed by atoms with Crippen molar-refractivity contribution in [1.82, 2.24) is 14.8 Å².